The molecule has 0 aliphatic carbocycles. The molecule has 14 heavy (non-hydrogen) atoms. The van der Waals surface area contributed by atoms with E-state index in [-0.39, 0.29) is 12.4 Å². The minimum Gasteiger partial charge on any atom is -0.496 e. The molecule has 1 heterocycles. The molecule has 0 amide bonds. The quantitative estimate of drug-likeness (QED) is 0.898. The van der Waals surface area contributed by atoms with Gasteiger partial charge < -0.3 is 10.1 Å². The van der Waals surface area contributed by atoms with Crippen LogP contribution in [0.2, 0.25) is 0 Å². The monoisotopic (exact) mass is 277 g/mol. The fourth-order valence-corrected chi connectivity index (χ4v) is 2.03. The lowest BCUT2D eigenvalue weighted by molar-refractivity contribution is 0.381. The first-order chi connectivity index (χ1) is 6.31. The summed E-state index contributed by atoms with van der Waals surface area (Å²) in [6.45, 7) is 1.13. The van der Waals surface area contributed by atoms with Gasteiger partial charge in [0, 0.05) is 6.04 Å². The van der Waals surface area contributed by atoms with Gasteiger partial charge in [-0.3, -0.25) is 0 Å². The summed E-state index contributed by atoms with van der Waals surface area (Å²) in [6.07, 6.45) is 1.23. The van der Waals surface area contributed by atoms with Crippen LogP contribution in [0.1, 0.15) is 18.0 Å². The highest BCUT2D eigenvalue weighted by molar-refractivity contribution is 9.10. The first kappa shape index (κ1) is 11.8. The van der Waals surface area contributed by atoms with Crippen LogP contribution in [0.15, 0.2) is 22.7 Å². The van der Waals surface area contributed by atoms with Crippen LogP contribution in [0.4, 0.5) is 0 Å². The van der Waals surface area contributed by atoms with Crippen molar-refractivity contribution in [1.29, 1.82) is 0 Å². The Morgan fingerprint density at radius 3 is 2.64 bits per heavy atom. The van der Waals surface area contributed by atoms with Gasteiger partial charge in [-0.1, -0.05) is 6.07 Å². The summed E-state index contributed by atoms with van der Waals surface area (Å²) in [6, 6.07) is 6.78. The van der Waals surface area contributed by atoms with Crippen molar-refractivity contribution in [3.63, 3.8) is 0 Å². The van der Waals surface area contributed by atoms with Crippen LogP contribution in [-0.2, 0) is 0 Å². The van der Waals surface area contributed by atoms with Gasteiger partial charge in [0.05, 0.1) is 11.6 Å². The van der Waals surface area contributed by atoms with Crippen molar-refractivity contribution in [2.45, 2.75) is 12.5 Å². The lowest BCUT2D eigenvalue weighted by Crippen LogP contribution is -2.34. The number of hydrogen-bond acceptors (Lipinski definition) is 2. The van der Waals surface area contributed by atoms with E-state index in [1.165, 1.54) is 12.0 Å². The Bertz CT molecular complexity index is 315. The average molecular weight is 279 g/mol. The van der Waals surface area contributed by atoms with E-state index in [0.29, 0.717) is 6.04 Å². The fraction of sp³-hybridized carbons (Fsp3) is 0.400. The minimum absolute atomic E-state index is 0. The highest BCUT2D eigenvalue weighted by Gasteiger charge is 2.18. The molecule has 0 bridgehead atoms. The number of halogens is 2. The van der Waals surface area contributed by atoms with Crippen LogP contribution in [0.5, 0.6) is 5.75 Å². The molecule has 1 aliphatic rings. The number of hydrogen-bond donors (Lipinski definition) is 1. The van der Waals surface area contributed by atoms with E-state index in [0.717, 1.165) is 16.8 Å². The van der Waals surface area contributed by atoms with Crippen LogP contribution < -0.4 is 10.1 Å². The molecule has 0 aromatic heterocycles. The van der Waals surface area contributed by atoms with Crippen LogP contribution >= 0.6 is 28.3 Å². The summed E-state index contributed by atoms with van der Waals surface area (Å²) in [4.78, 5) is 0. The molecule has 0 unspecified atom stereocenters. The zero-order valence-corrected chi connectivity index (χ0v) is 10.3. The summed E-state index contributed by atoms with van der Waals surface area (Å²) in [7, 11) is 1.68. The molecule has 1 aromatic rings. The molecular formula is C10H13BrClNO. The molecule has 1 atom stereocenters. The summed E-state index contributed by atoms with van der Waals surface area (Å²) < 4.78 is 6.19. The molecule has 2 rings (SSSR count). The Kier molecular flexibility index (Phi) is 4.23. The van der Waals surface area contributed by atoms with E-state index in [1.54, 1.807) is 7.11 Å². The Morgan fingerprint density at radius 2 is 2.21 bits per heavy atom. The SMILES string of the molecule is COc1ccc([C@H]2CCN2)cc1Br.Cl. The van der Waals surface area contributed by atoms with Crippen molar-refractivity contribution in [2.75, 3.05) is 13.7 Å². The third kappa shape index (κ3) is 2.22. The Morgan fingerprint density at radius 1 is 1.50 bits per heavy atom. The lowest BCUT2D eigenvalue weighted by atomic mass is 9.98. The maximum atomic E-state index is 5.16. The standard InChI is InChI=1S/C10H12BrNO.ClH/c1-13-10-3-2-7(6-8(10)11)9-4-5-12-9;/h2-3,6,9,12H,4-5H2,1H3;1H/t9-;/m1./s1. The van der Waals surface area contributed by atoms with E-state index in [2.05, 4.69) is 33.4 Å². The molecule has 1 fully saturated rings. The lowest BCUT2D eigenvalue weighted by Gasteiger charge is -2.28. The number of ether oxygens (including phenoxy) is 1. The molecule has 1 N–H and O–H groups in total. The van der Waals surface area contributed by atoms with Crippen molar-refractivity contribution in [3.05, 3.63) is 28.2 Å². The molecule has 0 spiro atoms. The minimum atomic E-state index is 0. The van der Waals surface area contributed by atoms with Crippen LogP contribution in [0.25, 0.3) is 0 Å². The topological polar surface area (TPSA) is 21.3 Å². The Balaban J connectivity index is 0.000000980. The summed E-state index contributed by atoms with van der Waals surface area (Å²) >= 11 is 3.48. The maximum Gasteiger partial charge on any atom is 0.133 e. The van der Waals surface area contributed by atoms with E-state index in [4.69, 9.17) is 4.74 Å². The maximum absolute atomic E-state index is 5.16. The second-order valence-electron chi connectivity index (χ2n) is 3.19. The summed E-state index contributed by atoms with van der Waals surface area (Å²) in [5.74, 6) is 0.892. The molecule has 1 aliphatic heterocycles. The van der Waals surface area contributed by atoms with E-state index >= 15 is 0 Å². The van der Waals surface area contributed by atoms with Gasteiger partial charge in [0.25, 0.3) is 0 Å². The highest BCUT2D eigenvalue weighted by atomic mass is 79.9. The highest BCUT2D eigenvalue weighted by Crippen LogP contribution is 2.30. The predicted molar refractivity (Wildman–Crippen MR) is 63.3 cm³/mol. The van der Waals surface area contributed by atoms with E-state index < -0.39 is 0 Å². The van der Waals surface area contributed by atoms with Crippen molar-refractivity contribution in [3.8, 4) is 5.75 Å². The van der Waals surface area contributed by atoms with Gasteiger partial charge in [-0.25, -0.2) is 0 Å². The number of methoxy groups -OCH3 is 1. The van der Waals surface area contributed by atoms with Crippen molar-refractivity contribution < 1.29 is 4.74 Å². The third-order valence-electron chi connectivity index (χ3n) is 2.40. The van der Waals surface area contributed by atoms with Gasteiger partial charge in [-0.05, 0) is 46.6 Å². The second-order valence-corrected chi connectivity index (χ2v) is 4.04. The molecule has 4 heteroatoms. The van der Waals surface area contributed by atoms with Crippen molar-refractivity contribution in [2.24, 2.45) is 0 Å². The van der Waals surface area contributed by atoms with E-state index in [1.807, 2.05) is 6.07 Å². The fourth-order valence-electron chi connectivity index (χ4n) is 1.47. The van der Waals surface area contributed by atoms with Gasteiger partial charge in [-0.15, -0.1) is 12.4 Å². The van der Waals surface area contributed by atoms with Gasteiger partial charge in [0.2, 0.25) is 0 Å². The first-order valence-electron chi connectivity index (χ1n) is 4.38. The largest absolute Gasteiger partial charge is 0.496 e. The Labute approximate surface area is 98.6 Å². The zero-order chi connectivity index (χ0) is 9.26. The molecular weight excluding hydrogens is 265 g/mol. The molecule has 1 aromatic carbocycles. The first-order valence-corrected chi connectivity index (χ1v) is 5.17. The molecule has 0 saturated carbocycles. The van der Waals surface area contributed by atoms with Crippen molar-refractivity contribution in [1.82, 2.24) is 5.32 Å². The molecule has 1 saturated heterocycles. The van der Waals surface area contributed by atoms with Gasteiger partial charge in [0.15, 0.2) is 0 Å². The van der Waals surface area contributed by atoms with E-state index in [9.17, 15) is 0 Å². The summed E-state index contributed by atoms with van der Waals surface area (Å²) in [5.41, 5.74) is 1.33. The predicted octanol–water partition coefficient (Wildman–Crippen LogP) is 2.91. The van der Waals surface area contributed by atoms with Crippen LogP contribution in [-0.4, -0.2) is 13.7 Å². The molecule has 78 valence electrons. The van der Waals surface area contributed by atoms with Gasteiger partial charge >= 0.3 is 0 Å². The van der Waals surface area contributed by atoms with Gasteiger partial charge in [-0.2, -0.15) is 0 Å². The second kappa shape index (κ2) is 5.01. The number of rotatable bonds is 2. The zero-order valence-electron chi connectivity index (χ0n) is 7.92. The van der Waals surface area contributed by atoms with Crippen molar-refractivity contribution >= 4 is 28.3 Å². The Hall–Kier alpha value is -0.250. The molecule has 0 radical (unpaired) electrons. The molecule has 2 nitrogen and oxygen atoms in total. The smallest absolute Gasteiger partial charge is 0.133 e. The normalized spacial score (nSPS) is 19.4. The number of nitrogens with one attached hydrogen (secondary N) is 1. The van der Waals surface area contributed by atoms with Gasteiger partial charge in [0.1, 0.15) is 5.75 Å². The average Bonchev–Trinajstić information content (AvgIpc) is 2.01. The third-order valence-corrected chi connectivity index (χ3v) is 3.02. The van der Waals surface area contributed by atoms with Crippen LogP contribution in [0, 0.1) is 0 Å². The number of benzene rings is 1. The van der Waals surface area contributed by atoms with Crippen LogP contribution in [0.3, 0.4) is 0 Å². The summed E-state index contributed by atoms with van der Waals surface area (Å²) in [5, 5.41) is 3.36.